The number of benzene rings is 1. The van der Waals surface area contributed by atoms with Gasteiger partial charge in [-0.2, -0.15) is 0 Å². The van der Waals surface area contributed by atoms with Gasteiger partial charge in [-0.3, -0.25) is 9.78 Å². The lowest BCUT2D eigenvalue weighted by Gasteiger charge is -2.11. The van der Waals surface area contributed by atoms with Crippen molar-refractivity contribution in [3.8, 4) is 16.9 Å². The monoisotopic (exact) mass is 311 g/mol. The summed E-state index contributed by atoms with van der Waals surface area (Å²) in [6.45, 7) is 1.73. The molecule has 0 aliphatic carbocycles. The molecule has 2 aromatic rings. The molecule has 3 N–H and O–H groups in total. The fourth-order valence-electron chi connectivity index (χ4n) is 2.75. The summed E-state index contributed by atoms with van der Waals surface area (Å²) in [7, 11) is 0. The zero-order valence-electron chi connectivity index (χ0n) is 13.0. The molecule has 5 heteroatoms. The van der Waals surface area contributed by atoms with Crippen molar-refractivity contribution in [2.24, 2.45) is 0 Å². The number of carbonyl (C=O) groups excluding carboxylic acids is 1. The summed E-state index contributed by atoms with van der Waals surface area (Å²) in [4.78, 5) is 16.3. The van der Waals surface area contributed by atoms with E-state index in [-0.39, 0.29) is 11.7 Å². The molecule has 1 aliphatic heterocycles. The summed E-state index contributed by atoms with van der Waals surface area (Å²) in [5.41, 5.74) is 2.70. The van der Waals surface area contributed by atoms with Crippen LogP contribution in [0.25, 0.3) is 11.1 Å². The summed E-state index contributed by atoms with van der Waals surface area (Å²) in [5.74, 6) is 0.246. The van der Waals surface area contributed by atoms with Crippen LogP contribution in [-0.2, 0) is 11.2 Å². The predicted molar refractivity (Wildman–Crippen MR) is 89.1 cm³/mol. The Hall–Kier alpha value is -2.40. The van der Waals surface area contributed by atoms with E-state index < -0.39 is 0 Å². The molecule has 1 aromatic carbocycles. The molecule has 5 nitrogen and oxygen atoms in total. The van der Waals surface area contributed by atoms with Gasteiger partial charge >= 0.3 is 0 Å². The Labute approximate surface area is 135 Å². The van der Waals surface area contributed by atoms with E-state index in [4.69, 9.17) is 0 Å². The Morgan fingerprint density at radius 3 is 2.65 bits per heavy atom. The quantitative estimate of drug-likeness (QED) is 0.788. The summed E-state index contributed by atoms with van der Waals surface area (Å²) in [6.07, 6.45) is 4.36. The van der Waals surface area contributed by atoms with Crippen LogP contribution in [0.3, 0.4) is 0 Å². The Kier molecular flexibility index (Phi) is 4.88. The highest BCUT2D eigenvalue weighted by molar-refractivity contribution is 5.78. The van der Waals surface area contributed by atoms with Gasteiger partial charge in [0.15, 0.2) is 0 Å². The Bertz CT molecular complexity index is 647. The molecule has 3 rings (SSSR count). The van der Waals surface area contributed by atoms with Gasteiger partial charge in [0.2, 0.25) is 5.91 Å². The lowest BCUT2D eigenvalue weighted by molar-refractivity contribution is -0.120. The van der Waals surface area contributed by atoms with Gasteiger partial charge < -0.3 is 15.7 Å². The van der Waals surface area contributed by atoms with E-state index in [1.165, 1.54) is 6.42 Å². The largest absolute Gasteiger partial charge is 0.508 e. The predicted octanol–water partition coefficient (Wildman–Crippen LogP) is 1.86. The number of hydrogen-bond donors (Lipinski definition) is 3. The lowest BCUT2D eigenvalue weighted by Crippen LogP contribution is -2.37. The first kappa shape index (κ1) is 15.5. The molecule has 1 aliphatic rings. The molecular formula is C18H21N3O2. The maximum atomic E-state index is 12.0. The zero-order valence-corrected chi connectivity index (χ0v) is 13.0. The fourth-order valence-corrected chi connectivity index (χ4v) is 2.75. The van der Waals surface area contributed by atoms with Crippen molar-refractivity contribution in [2.75, 3.05) is 13.1 Å². The van der Waals surface area contributed by atoms with Crippen LogP contribution in [0.15, 0.2) is 42.6 Å². The highest BCUT2D eigenvalue weighted by Crippen LogP contribution is 2.21. The van der Waals surface area contributed by atoms with Crippen molar-refractivity contribution in [1.29, 1.82) is 0 Å². The van der Waals surface area contributed by atoms with Gasteiger partial charge in [-0.1, -0.05) is 18.2 Å². The average Bonchev–Trinajstić information content (AvgIpc) is 3.08. The smallest absolute Gasteiger partial charge is 0.226 e. The van der Waals surface area contributed by atoms with Crippen LogP contribution < -0.4 is 10.6 Å². The van der Waals surface area contributed by atoms with E-state index in [0.29, 0.717) is 19.0 Å². The SMILES string of the molecule is O=C(Cc1ccc(-c2ccc(O)cc2)cn1)NCC1CCCN1. The third-order valence-electron chi connectivity index (χ3n) is 4.08. The number of phenolic OH excluding ortho intramolecular Hbond substituents is 1. The van der Waals surface area contributed by atoms with Gasteiger partial charge in [-0.15, -0.1) is 0 Å². The first-order valence-electron chi connectivity index (χ1n) is 7.95. The molecule has 1 aromatic heterocycles. The molecule has 0 radical (unpaired) electrons. The van der Waals surface area contributed by atoms with Gasteiger partial charge in [0.05, 0.1) is 6.42 Å². The van der Waals surface area contributed by atoms with Crippen molar-refractivity contribution in [3.05, 3.63) is 48.3 Å². The van der Waals surface area contributed by atoms with Gasteiger partial charge in [0.1, 0.15) is 5.75 Å². The molecule has 0 saturated carbocycles. The number of phenols is 1. The highest BCUT2D eigenvalue weighted by atomic mass is 16.3. The van der Waals surface area contributed by atoms with E-state index in [2.05, 4.69) is 15.6 Å². The summed E-state index contributed by atoms with van der Waals surface area (Å²) in [6, 6.07) is 11.2. The number of aromatic hydroxyl groups is 1. The van der Waals surface area contributed by atoms with Gasteiger partial charge in [0.25, 0.3) is 0 Å². The minimum atomic E-state index is 0.00332. The molecule has 2 heterocycles. The van der Waals surface area contributed by atoms with E-state index in [9.17, 15) is 9.90 Å². The second kappa shape index (κ2) is 7.24. The van der Waals surface area contributed by atoms with Crippen LogP contribution in [0, 0.1) is 0 Å². The van der Waals surface area contributed by atoms with Crippen molar-refractivity contribution >= 4 is 5.91 Å². The van der Waals surface area contributed by atoms with E-state index in [1.807, 2.05) is 24.3 Å². The Balaban J connectivity index is 1.54. The minimum Gasteiger partial charge on any atom is -0.508 e. The number of nitrogens with zero attached hydrogens (tertiary/aromatic N) is 1. The molecule has 1 fully saturated rings. The van der Waals surface area contributed by atoms with E-state index in [0.717, 1.165) is 29.8 Å². The van der Waals surface area contributed by atoms with E-state index >= 15 is 0 Å². The van der Waals surface area contributed by atoms with Crippen LogP contribution >= 0.6 is 0 Å². The van der Waals surface area contributed by atoms with Gasteiger partial charge in [0, 0.05) is 30.0 Å². The molecular weight excluding hydrogens is 290 g/mol. The summed E-state index contributed by atoms with van der Waals surface area (Å²) >= 11 is 0. The summed E-state index contributed by atoms with van der Waals surface area (Å²) in [5, 5.41) is 15.6. The van der Waals surface area contributed by atoms with Crippen LogP contribution in [-0.4, -0.2) is 35.1 Å². The van der Waals surface area contributed by atoms with Crippen LogP contribution in [0.2, 0.25) is 0 Å². The van der Waals surface area contributed by atoms with Crippen molar-refractivity contribution in [1.82, 2.24) is 15.6 Å². The number of nitrogens with one attached hydrogen (secondary N) is 2. The molecule has 1 unspecified atom stereocenters. The zero-order chi connectivity index (χ0) is 16.1. The average molecular weight is 311 g/mol. The van der Waals surface area contributed by atoms with E-state index in [1.54, 1.807) is 18.3 Å². The van der Waals surface area contributed by atoms with Crippen LogP contribution in [0.5, 0.6) is 5.75 Å². The molecule has 1 saturated heterocycles. The number of pyridine rings is 1. The minimum absolute atomic E-state index is 0.00332. The fraction of sp³-hybridized carbons (Fsp3) is 0.333. The first-order valence-corrected chi connectivity index (χ1v) is 7.95. The highest BCUT2D eigenvalue weighted by Gasteiger charge is 2.14. The standard InChI is InChI=1S/C18H21N3O2/c22-17-7-4-13(5-8-17)14-3-6-15(20-11-14)10-18(23)21-12-16-2-1-9-19-16/h3-8,11,16,19,22H,1-2,9-10,12H2,(H,21,23). The molecule has 1 amide bonds. The number of amides is 1. The first-order chi connectivity index (χ1) is 11.2. The molecule has 0 bridgehead atoms. The topological polar surface area (TPSA) is 74.2 Å². The van der Waals surface area contributed by atoms with Gasteiger partial charge in [-0.05, 0) is 43.1 Å². The molecule has 1 atom stereocenters. The Morgan fingerprint density at radius 2 is 2.00 bits per heavy atom. The Morgan fingerprint density at radius 1 is 1.22 bits per heavy atom. The molecule has 23 heavy (non-hydrogen) atoms. The van der Waals surface area contributed by atoms with Crippen molar-refractivity contribution in [3.63, 3.8) is 0 Å². The third kappa shape index (κ3) is 4.29. The summed E-state index contributed by atoms with van der Waals surface area (Å²) < 4.78 is 0. The van der Waals surface area contributed by atoms with Crippen molar-refractivity contribution < 1.29 is 9.90 Å². The maximum Gasteiger partial charge on any atom is 0.226 e. The third-order valence-corrected chi connectivity index (χ3v) is 4.08. The normalized spacial score (nSPS) is 17.1. The maximum absolute atomic E-state index is 12.0. The second-order valence-electron chi connectivity index (χ2n) is 5.86. The molecule has 120 valence electrons. The van der Waals surface area contributed by atoms with Crippen molar-refractivity contribution in [2.45, 2.75) is 25.3 Å². The number of carbonyl (C=O) groups is 1. The van der Waals surface area contributed by atoms with Crippen LogP contribution in [0.4, 0.5) is 0 Å². The second-order valence-corrected chi connectivity index (χ2v) is 5.86. The lowest BCUT2D eigenvalue weighted by atomic mass is 10.1. The van der Waals surface area contributed by atoms with Crippen LogP contribution in [0.1, 0.15) is 18.5 Å². The van der Waals surface area contributed by atoms with Gasteiger partial charge in [-0.25, -0.2) is 0 Å². The number of rotatable bonds is 5. The number of hydrogen-bond acceptors (Lipinski definition) is 4. The molecule has 0 spiro atoms. The number of aromatic nitrogens is 1.